The van der Waals surface area contributed by atoms with E-state index in [0.29, 0.717) is 11.3 Å². The van der Waals surface area contributed by atoms with Crippen LogP contribution in [0.15, 0.2) is 41.3 Å². The fourth-order valence-corrected chi connectivity index (χ4v) is 3.88. The quantitative estimate of drug-likeness (QED) is 0.864. The summed E-state index contributed by atoms with van der Waals surface area (Å²) < 4.78 is 24.1. The summed E-state index contributed by atoms with van der Waals surface area (Å²) in [5.74, 6) is 0. The van der Waals surface area contributed by atoms with Gasteiger partial charge in [-0.25, -0.2) is 8.42 Å². The molecular weight excluding hydrogens is 268 g/mol. The molecule has 0 heterocycles. The van der Waals surface area contributed by atoms with Gasteiger partial charge < -0.3 is 0 Å². The van der Waals surface area contributed by atoms with Crippen molar-refractivity contribution in [2.45, 2.75) is 32.1 Å². The topological polar surface area (TPSA) is 34.1 Å². The highest BCUT2D eigenvalue weighted by atomic mass is 32.2. The highest BCUT2D eigenvalue weighted by Gasteiger charge is 2.17. The van der Waals surface area contributed by atoms with Crippen molar-refractivity contribution in [2.75, 3.05) is 6.26 Å². The van der Waals surface area contributed by atoms with Crippen LogP contribution in [0.4, 0.5) is 0 Å². The first-order chi connectivity index (χ1) is 9.27. The molecule has 2 aromatic rings. The van der Waals surface area contributed by atoms with Crippen LogP contribution in [0.5, 0.6) is 0 Å². The van der Waals surface area contributed by atoms with Gasteiger partial charge >= 0.3 is 0 Å². The molecule has 106 valence electrons. The smallest absolute Gasteiger partial charge is 0.176 e. The second kappa shape index (κ2) is 5.41. The molecule has 0 aromatic heterocycles. The summed E-state index contributed by atoms with van der Waals surface area (Å²) in [6.07, 6.45) is 1.93. The lowest BCUT2D eigenvalue weighted by Gasteiger charge is -2.13. The van der Waals surface area contributed by atoms with Crippen LogP contribution in [0.1, 0.15) is 27.8 Å². The third-order valence-electron chi connectivity index (χ3n) is 3.38. The molecule has 0 saturated heterocycles. The largest absolute Gasteiger partial charge is 0.224 e. The fraction of sp³-hybridized carbons (Fsp3) is 0.294. The van der Waals surface area contributed by atoms with Gasteiger partial charge in [-0.15, -0.1) is 0 Å². The Hall–Kier alpha value is -1.61. The first-order valence-corrected chi connectivity index (χ1v) is 8.52. The van der Waals surface area contributed by atoms with Gasteiger partial charge in [-0.1, -0.05) is 47.5 Å². The molecule has 0 aliphatic heterocycles. The molecule has 20 heavy (non-hydrogen) atoms. The maximum atomic E-state index is 12.0. The van der Waals surface area contributed by atoms with Crippen molar-refractivity contribution >= 4 is 9.84 Å². The van der Waals surface area contributed by atoms with Gasteiger partial charge in [-0.3, -0.25) is 0 Å². The van der Waals surface area contributed by atoms with Crippen LogP contribution < -0.4 is 0 Å². The lowest BCUT2D eigenvalue weighted by atomic mass is 10.00. The molecule has 0 fully saturated rings. The second-order valence-electron chi connectivity index (χ2n) is 5.50. The van der Waals surface area contributed by atoms with E-state index in [2.05, 4.69) is 24.3 Å². The first-order valence-electron chi connectivity index (χ1n) is 6.63. The van der Waals surface area contributed by atoms with Gasteiger partial charge in [0.2, 0.25) is 0 Å². The number of aryl methyl sites for hydroxylation is 3. The van der Waals surface area contributed by atoms with E-state index in [-0.39, 0.29) is 0 Å². The maximum absolute atomic E-state index is 12.0. The van der Waals surface area contributed by atoms with Crippen molar-refractivity contribution < 1.29 is 8.42 Å². The van der Waals surface area contributed by atoms with Crippen molar-refractivity contribution in [1.82, 2.24) is 0 Å². The Labute approximate surface area is 121 Å². The van der Waals surface area contributed by atoms with Gasteiger partial charge in [0.15, 0.2) is 9.84 Å². The minimum absolute atomic E-state index is 0.476. The van der Waals surface area contributed by atoms with Crippen molar-refractivity contribution in [3.63, 3.8) is 0 Å². The van der Waals surface area contributed by atoms with Gasteiger partial charge in [-0.2, -0.15) is 0 Å². The molecule has 0 atom stereocenters. The molecule has 0 unspecified atom stereocenters. The standard InChI is InChI=1S/C17H20O2S/c1-12-5-7-15(8-6-12)11-16-10-13(2)9-14(3)17(16)20(4,18)19/h5-10H,11H2,1-4H3. The average molecular weight is 288 g/mol. The molecular formula is C17H20O2S. The number of hydrogen-bond donors (Lipinski definition) is 0. The lowest BCUT2D eigenvalue weighted by molar-refractivity contribution is 0.600. The van der Waals surface area contributed by atoms with Crippen molar-refractivity contribution in [2.24, 2.45) is 0 Å². The van der Waals surface area contributed by atoms with Gasteiger partial charge in [0.1, 0.15) is 0 Å². The molecule has 0 radical (unpaired) electrons. The van der Waals surface area contributed by atoms with E-state index in [9.17, 15) is 8.42 Å². The third kappa shape index (κ3) is 3.28. The average Bonchev–Trinajstić information content (AvgIpc) is 2.29. The molecule has 0 amide bonds. The predicted octanol–water partition coefficient (Wildman–Crippen LogP) is 3.61. The Morgan fingerprint density at radius 2 is 1.50 bits per heavy atom. The zero-order valence-electron chi connectivity index (χ0n) is 12.4. The first kappa shape index (κ1) is 14.8. The van der Waals surface area contributed by atoms with Crippen LogP contribution >= 0.6 is 0 Å². The summed E-state index contributed by atoms with van der Waals surface area (Å²) >= 11 is 0. The van der Waals surface area contributed by atoms with Crippen LogP contribution in [-0.4, -0.2) is 14.7 Å². The summed E-state index contributed by atoms with van der Waals surface area (Å²) in [5, 5.41) is 0. The minimum atomic E-state index is -3.21. The van der Waals surface area contributed by atoms with Crippen molar-refractivity contribution in [3.8, 4) is 0 Å². The second-order valence-corrected chi connectivity index (χ2v) is 7.46. The number of hydrogen-bond acceptors (Lipinski definition) is 2. The number of sulfone groups is 1. The molecule has 0 aliphatic carbocycles. The Balaban J connectivity index is 2.53. The summed E-state index contributed by atoms with van der Waals surface area (Å²) in [6, 6.07) is 12.1. The maximum Gasteiger partial charge on any atom is 0.176 e. The van der Waals surface area contributed by atoms with E-state index >= 15 is 0 Å². The highest BCUT2D eigenvalue weighted by Crippen LogP contribution is 2.25. The molecule has 0 aliphatic rings. The Kier molecular flexibility index (Phi) is 4.00. The molecule has 0 bridgehead atoms. The lowest BCUT2D eigenvalue weighted by Crippen LogP contribution is -2.06. The van der Waals surface area contributed by atoms with E-state index in [1.54, 1.807) is 0 Å². The SMILES string of the molecule is Cc1ccc(Cc2cc(C)cc(C)c2S(C)(=O)=O)cc1. The van der Waals surface area contributed by atoms with Crippen LogP contribution in [0.2, 0.25) is 0 Å². The minimum Gasteiger partial charge on any atom is -0.224 e. The Morgan fingerprint density at radius 1 is 0.900 bits per heavy atom. The van der Waals surface area contributed by atoms with Crippen LogP contribution in [-0.2, 0) is 16.3 Å². The summed E-state index contributed by atoms with van der Waals surface area (Å²) in [5.41, 5.74) is 5.14. The Morgan fingerprint density at radius 3 is 2.05 bits per heavy atom. The van der Waals surface area contributed by atoms with Crippen molar-refractivity contribution in [3.05, 3.63) is 64.2 Å². The fourth-order valence-electron chi connectivity index (χ4n) is 2.63. The summed E-state index contributed by atoms with van der Waals surface area (Å²) in [4.78, 5) is 0.476. The van der Waals surface area contributed by atoms with Crippen LogP contribution in [0.3, 0.4) is 0 Å². The molecule has 0 spiro atoms. The van der Waals surface area contributed by atoms with Gasteiger partial charge in [0.05, 0.1) is 4.90 Å². The van der Waals surface area contributed by atoms with Crippen LogP contribution in [0.25, 0.3) is 0 Å². The normalized spacial score (nSPS) is 11.6. The molecule has 2 aromatic carbocycles. The third-order valence-corrected chi connectivity index (χ3v) is 4.71. The van der Waals surface area contributed by atoms with Gasteiger partial charge in [0.25, 0.3) is 0 Å². The molecule has 0 saturated carbocycles. The van der Waals surface area contributed by atoms with E-state index < -0.39 is 9.84 Å². The molecule has 3 heteroatoms. The molecule has 2 nitrogen and oxygen atoms in total. The van der Waals surface area contributed by atoms with Gasteiger partial charge in [0, 0.05) is 6.26 Å². The van der Waals surface area contributed by atoms with E-state index in [4.69, 9.17) is 0 Å². The molecule has 2 rings (SSSR count). The summed E-state index contributed by atoms with van der Waals surface area (Å²) in [7, 11) is -3.21. The van der Waals surface area contributed by atoms with Gasteiger partial charge in [-0.05, 0) is 43.9 Å². The van der Waals surface area contributed by atoms with E-state index in [1.165, 1.54) is 11.8 Å². The zero-order chi connectivity index (χ0) is 14.9. The number of rotatable bonds is 3. The van der Waals surface area contributed by atoms with E-state index in [1.807, 2.05) is 32.9 Å². The Bertz CT molecular complexity index is 726. The highest BCUT2D eigenvalue weighted by molar-refractivity contribution is 7.90. The summed E-state index contributed by atoms with van der Waals surface area (Å²) in [6.45, 7) is 5.91. The van der Waals surface area contributed by atoms with Crippen molar-refractivity contribution in [1.29, 1.82) is 0 Å². The zero-order valence-corrected chi connectivity index (χ0v) is 13.2. The monoisotopic (exact) mass is 288 g/mol. The van der Waals surface area contributed by atoms with Crippen LogP contribution in [0, 0.1) is 20.8 Å². The number of benzene rings is 2. The predicted molar refractivity (Wildman–Crippen MR) is 83.0 cm³/mol. The molecule has 0 N–H and O–H groups in total. The van der Waals surface area contributed by atoms with E-state index in [0.717, 1.165) is 22.3 Å².